The first-order chi connectivity index (χ1) is 8.85. The van der Waals surface area contributed by atoms with E-state index in [1.807, 2.05) is 25.2 Å². The second-order valence-corrected chi connectivity index (χ2v) is 4.20. The van der Waals surface area contributed by atoms with Crippen LogP contribution in [0.5, 0.6) is 5.75 Å². The highest BCUT2D eigenvalue weighted by Gasteiger charge is 2.13. The van der Waals surface area contributed by atoms with Gasteiger partial charge in [-0.3, -0.25) is 0 Å². The predicted octanol–water partition coefficient (Wildman–Crippen LogP) is 3.38. The number of rotatable bonds is 6. The first-order valence-corrected chi connectivity index (χ1v) is 6.27. The maximum Gasteiger partial charge on any atom is 0.119 e. The van der Waals surface area contributed by atoms with Gasteiger partial charge >= 0.3 is 0 Å². The number of furan rings is 1. The monoisotopic (exact) mass is 245 g/mol. The molecule has 0 radical (unpaired) electrons. The van der Waals surface area contributed by atoms with E-state index in [0.717, 1.165) is 24.3 Å². The molecule has 0 aliphatic carbocycles. The minimum atomic E-state index is 0.133. The third kappa shape index (κ3) is 2.93. The minimum absolute atomic E-state index is 0.133. The summed E-state index contributed by atoms with van der Waals surface area (Å²) in [5.74, 6) is 0.915. The summed E-state index contributed by atoms with van der Waals surface area (Å²) in [6.07, 6.45) is 4.47. The van der Waals surface area contributed by atoms with E-state index in [0.29, 0.717) is 0 Å². The second kappa shape index (κ2) is 6.26. The maximum atomic E-state index is 5.66. The number of nitrogens with one attached hydrogen (secondary N) is 1. The van der Waals surface area contributed by atoms with E-state index >= 15 is 0 Å². The quantitative estimate of drug-likeness (QED) is 0.847. The van der Waals surface area contributed by atoms with Crippen molar-refractivity contribution < 1.29 is 9.15 Å². The molecule has 1 unspecified atom stereocenters. The largest absolute Gasteiger partial charge is 0.494 e. The molecule has 1 heterocycles. The van der Waals surface area contributed by atoms with E-state index in [1.165, 1.54) is 5.56 Å². The molecule has 0 spiro atoms. The van der Waals surface area contributed by atoms with Crippen molar-refractivity contribution in [1.82, 2.24) is 5.32 Å². The van der Waals surface area contributed by atoms with E-state index in [2.05, 4.69) is 24.4 Å². The topological polar surface area (TPSA) is 34.4 Å². The zero-order valence-electron chi connectivity index (χ0n) is 10.8. The van der Waals surface area contributed by atoms with Crippen molar-refractivity contribution in [3.8, 4) is 5.75 Å². The van der Waals surface area contributed by atoms with Crippen LogP contribution in [0.1, 0.15) is 30.5 Å². The van der Waals surface area contributed by atoms with Crippen LogP contribution in [0, 0.1) is 0 Å². The Morgan fingerprint density at radius 1 is 1.28 bits per heavy atom. The van der Waals surface area contributed by atoms with Crippen LogP contribution in [-0.4, -0.2) is 13.7 Å². The summed E-state index contributed by atoms with van der Waals surface area (Å²) in [5, 5.41) is 3.29. The summed E-state index contributed by atoms with van der Waals surface area (Å²) < 4.78 is 10.8. The van der Waals surface area contributed by atoms with Crippen molar-refractivity contribution in [3.63, 3.8) is 0 Å². The summed E-state index contributed by atoms with van der Waals surface area (Å²) in [6.45, 7) is 2.85. The van der Waals surface area contributed by atoms with Gasteiger partial charge in [-0.1, -0.05) is 19.1 Å². The molecule has 2 rings (SSSR count). The molecule has 1 N–H and O–H groups in total. The Bertz CT molecular complexity index is 465. The molecule has 18 heavy (non-hydrogen) atoms. The first-order valence-electron chi connectivity index (χ1n) is 6.27. The lowest BCUT2D eigenvalue weighted by atomic mass is 10.0. The third-order valence-electron chi connectivity index (χ3n) is 2.83. The van der Waals surface area contributed by atoms with Gasteiger partial charge in [-0.05, 0) is 37.2 Å². The molecule has 2 aromatic rings. The van der Waals surface area contributed by atoms with E-state index in [-0.39, 0.29) is 6.04 Å². The average Bonchev–Trinajstić information content (AvgIpc) is 2.92. The van der Waals surface area contributed by atoms with Gasteiger partial charge in [0.25, 0.3) is 0 Å². The van der Waals surface area contributed by atoms with Crippen LogP contribution >= 0.6 is 0 Å². The second-order valence-electron chi connectivity index (χ2n) is 4.20. The molecule has 1 atom stereocenters. The summed E-state index contributed by atoms with van der Waals surface area (Å²) in [7, 11) is 1.94. The van der Waals surface area contributed by atoms with Gasteiger partial charge in [0.15, 0.2) is 0 Å². The molecule has 3 nitrogen and oxygen atoms in total. The highest BCUT2D eigenvalue weighted by molar-refractivity contribution is 5.35. The summed E-state index contributed by atoms with van der Waals surface area (Å²) in [4.78, 5) is 0. The Kier molecular flexibility index (Phi) is 4.42. The molecule has 0 fully saturated rings. The number of ether oxygens (including phenoxy) is 1. The SMILES string of the molecule is CCCOc1cccc(C(NC)c2ccoc2)c1. The number of benzene rings is 1. The van der Waals surface area contributed by atoms with E-state index < -0.39 is 0 Å². The Balaban J connectivity index is 2.20. The van der Waals surface area contributed by atoms with Crippen molar-refractivity contribution in [1.29, 1.82) is 0 Å². The predicted molar refractivity (Wildman–Crippen MR) is 71.8 cm³/mol. The lowest BCUT2D eigenvalue weighted by Gasteiger charge is -2.16. The van der Waals surface area contributed by atoms with Gasteiger partial charge in [-0.25, -0.2) is 0 Å². The standard InChI is InChI=1S/C15H19NO2/c1-3-8-18-14-6-4-5-12(10-14)15(16-2)13-7-9-17-11-13/h4-7,9-11,15-16H,3,8H2,1-2H3. The lowest BCUT2D eigenvalue weighted by Crippen LogP contribution is -2.17. The first kappa shape index (κ1) is 12.7. The Morgan fingerprint density at radius 2 is 2.17 bits per heavy atom. The van der Waals surface area contributed by atoms with Gasteiger partial charge in [-0.2, -0.15) is 0 Å². The van der Waals surface area contributed by atoms with Crippen LogP contribution in [-0.2, 0) is 0 Å². The normalized spacial score (nSPS) is 12.3. The number of hydrogen-bond donors (Lipinski definition) is 1. The molecule has 0 amide bonds. The van der Waals surface area contributed by atoms with Gasteiger partial charge in [-0.15, -0.1) is 0 Å². The summed E-state index contributed by atoms with van der Waals surface area (Å²) in [5.41, 5.74) is 2.29. The molecule has 1 aromatic heterocycles. The van der Waals surface area contributed by atoms with Gasteiger partial charge < -0.3 is 14.5 Å². The van der Waals surface area contributed by atoms with Crippen molar-refractivity contribution >= 4 is 0 Å². The van der Waals surface area contributed by atoms with Crippen molar-refractivity contribution in [2.75, 3.05) is 13.7 Å². The van der Waals surface area contributed by atoms with E-state index in [4.69, 9.17) is 9.15 Å². The van der Waals surface area contributed by atoms with Gasteiger partial charge in [0.05, 0.1) is 25.2 Å². The van der Waals surface area contributed by atoms with E-state index in [1.54, 1.807) is 12.5 Å². The molecule has 0 aliphatic heterocycles. The molecule has 0 bridgehead atoms. The fourth-order valence-electron chi connectivity index (χ4n) is 1.97. The lowest BCUT2D eigenvalue weighted by molar-refractivity contribution is 0.317. The highest BCUT2D eigenvalue weighted by atomic mass is 16.5. The van der Waals surface area contributed by atoms with Crippen LogP contribution < -0.4 is 10.1 Å². The molecule has 0 saturated carbocycles. The minimum Gasteiger partial charge on any atom is -0.494 e. The van der Waals surface area contributed by atoms with Crippen LogP contribution in [0.15, 0.2) is 47.3 Å². The van der Waals surface area contributed by atoms with Crippen molar-refractivity contribution in [2.24, 2.45) is 0 Å². The van der Waals surface area contributed by atoms with E-state index in [9.17, 15) is 0 Å². The molecule has 1 aromatic carbocycles. The summed E-state index contributed by atoms with van der Waals surface area (Å²) >= 11 is 0. The molecular weight excluding hydrogens is 226 g/mol. The number of hydrogen-bond acceptors (Lipinski definition) is 3. The fraction of sp³-hybridized carbons (Fsp3) is 0.333. The zero-order chi connectivity index (χ0) is 12.8. The average molecular weight is 245 g/mol. The molecule has 0 saturated heterocycles. The highest BCUT2D eigenvalue weighted by Crippen LogP contribution is 2.25. The smallest absolute Gasteiger partial charge is 0.119 e. The van der Waals surface area contributed by atoms with Crippen molar-refractivity contribution in [3.05, 3.63) is 54.0 Å². The summed E-state index contributed by atoms with van der Waals surface area (Å²) in [6, 6.07) is 10.3. The maximum absolute atomic E-state index is 5.66. The molecular formula is C15H19NO2. The Labute approximate surface area is 108 Å². The van der Waals surface area contributed by atoms with Crippen LogP contribution in [0.25, 0.3) is 0 Å². The Morgan fingerprint density at radius 3 is 2.83 bits per heavy atom. The van der Waals surface area contributed by atoms with Gasteiger partial charge in [0.1, 0.15) is 5.75 Å². The van der Waals surface area contributed by atoms with Crippen LogP contribution in [0.3, 0.4) is 0 Å². The van der Waals surface area contributed by atoms with Gasteiger partial charge in [0, 0.05) is 5.56 Å². The zero-order valence-corrected chi connectivity index (χ0v) is 10.8. The third-order valence-corrected chi connectivity index (χ3v) is 2.83. The molecule has 0 aliphatic rings. The molecule has 96 valence electrons. The van der Waals surface area contributed by atoms with Crippen LogP contribution in [0.4, 0.5) is 0 Å². The Hall–Kier alpha value is -1.74. The van der Waals surface area contributed by atoms with Crippen LogP contribution in [0.2, 0.25) is 0 Å². The van der Waals surface area contributed by atoms with Gasteiger partial charge in [0.2, 0.25) is 0 Å². The fourth-order valence-corrected chi connectivity index (χ4v) is 1.97. The van der Waals surface area contributed by atoms with Crippen molar-refractivity contribution in [2.45, 2.75) is 19.4 Å². The molecule has 3 heteroatoms.